The van der Waals surface area contributed by atoms with Crippen molar-refractivity contribution in [2.45, 2.75) is 37.6 Å². The largest absolute Gasteiger partial charge is 0.497 e. The Labute approximate surface area is 220 Å². The number of aromatic amines is 1. The molecule has 1 fully saturated rings. The molecule has 1 aromatic heterocycles. The molecule has 0 aliphatic carbocycles. The average molecular weight is 524 g/mol. The van der Waals surface area contributed by atoms with E-state index < -0.39 is 11.5 Å². The number of fused-ring (bicyclic) bond motifs is 4. The summed E-state index contributed by atoms with van der Waals surface area (Å²) in [5.74, 6) is 0.319. The average Bonchev–Trinajstić information content (AvgIpc) is 3.33. The van der Waals surface area contributed by atoms with Crippen LogP contribution < -0.4 is 15.4 Å². The number of nitrogens with one attached hydrogen (secondary N) is 3. The van der Waals surface area contributed by atoms with Crippen LogP contribution in [0.15, 0.2) is 42.5 Å². The molecular formula is C28H34FN5O4. The minimum atomic E-state index is -0.597. The quantitative estimate of drug-likeness (QED) is 0.399. The molecule has 5 rings (SSSR count). The van der Waals surface area contributed by atoms with E-state index in [0.717, 1.165) is 28.6 Å². The number of ether oxygens (including phenoxy) is 1. The summed E-state index contributed by atoms with van der Waals surface area (Å²) in [5.41, 5.74) is 2.80. The summed E-state index contributed by atoms with van der Waals surface area (Å²) in [6.07, 6.45) is 2.19. The number of amides is 4. The molecule has 2 aliphatic rings. The number of urea groups is 2. The van der Waals surface area contributed by atoms with Crippen LogP contribution in [0.4, 0.5) is 19.7 Å². The number of nitrogens with zero attached hydrogens (tertiary/aromatic N) is 2. The fraction of sp³-hybridized carbons (Fsp3) is 0.429. The molecule has 2 aromatic carbocycles. The number of aliphatic hydroxyl groups is 1. The molecule has 10 heteroatoms. The van der Waals surface area contributed by atoms with Gasteiger partial charge in [-0.25, -0.2) is 14.0 Å². The van der Waals surface area contributed by atoms with Gasteiger partial charge in [-0.3, -0.25) is 0 Å². The number of carbonyl (C=O) groups excluding carboxylic acids is 2. The van der Waals surface area contributed by atoms with Crippen LogP contribution in [-0.4, -0.2) is 71.8 Å². The number of likely N-dealkylation sites (tertiary alicyclic amines) is 1. The maximum absolute atomic E-state index is 13.6. The fourth-order valence-electron chi connectivity index (χ4n) is 5.84. The Kier molecular flexibility index (Phi) is 7.16. The van der Waals surface area contributed by atoms with E-state index in [1.54, 1.807) is 12.0 Å². The van der Waals surface area contributed by atoms with Gasteiger partial charge in [0.05, 0.1) is 19.8 Å². The zero-order valence-electron chi connectivity index (χ0n) is 21.7. The lowest BCUT2D eigenvalue weighted by atomic mass is 9.68. The third-order valence-corrected chi connectivity index (χ3v) is 7.81. The van der Waals surface area contributed by atoms with Gasteiger partial charge >= 0.3 is 12.1 Å². The molecule has 1 spiro atoms. The Morgan fingerprint density at radius 1 is 1.16 bits per heavy atom. The maximum Gasteiger partial charge on any atom is 0.322 e. The van der Waals surface area contributed by atoms with Crippen molar-refractivity contribution in [3.63, 3.8) is 0 Å². The maximum atomic E-state index is 13.6. The van der Waals surface area contributed by atoms with E-state index in [4.69, 9.17) is 4.74 Å². The van der Waals surface area contributed by atoms with E-state index in [1.165, 1.54) is 24.3 Å². The molecule has 2 aliphatic heterocycles. The monoisotopic (exact) mass is 523 g/mol. The second-order valence-electron chi connectivity index (χ2n) is 10.1. The Balaban J connectivity index is 1.52. The molecule has 4 N–H and O–H groups in total. The second-order valence-corrected chi connectivity index (χ2v) is 10.1. The van der Waals surface area contributed by atoms with Crippen molar-refractivity contribution in [3.05, 3.63) is 59.5 Å². The van der Waals surface area contributed by atoms with Gasteiger partial charge in [0.25, 0.3) is 0 Å². The predicted molar refractivity (Wildman–Crippen MR) is 143 cm³/mol. The van der Waals surface area contributed by atoms with Gasteiger partial charge in [0.15, 0.2) is 0 Å². The first-order valence-corrected chi connectivity index (χ1v) is 13.1. The number of aliphatic hydroxyl groups excluding tert-OH is 1. The number of carbonyl (C=O) groups is 2. The zero-order chi connectivity index (χ0) is 26.9. The molecule has 0 unspecified atom stereocenters. The molecule has 38 heavy (non-hydrogen) atoms. The molecule has 0 radical (unpaired) electrons. The molecule has 1 saturated heterocycles. The van der Waals surface area contributed by atoms with Gasteiger partial charge in [-0.1, -0.05) is 6.92 Å². The van der Waals surface area contributed by atoms with Gasteiger partial charge < -0.3 is 35.3 Å². The summed E-state index contributed by atoms with van der Waals surface area (Å²) in [6, 6.07) is 10.4. The summed E-state index contributed by atoms with van der Waals surface area (Å²) in [5, 5.41) is 17.3. The van der Waals surface area contributed by atoms with Crippen LogP contribution in [0, 0.1) is 5.82 Å². The van der Waals surface area contributed by atoms with Crippen molar-refractivity contribution in [1.82, 2.24) is 20.1 Å². The van der Waals surface area contributed by atoms with Gasteiger partial charge in [-0.15, -0.1) is 0 Å². The van der Waals surface area contributed by atoms with Gasteiger partial charge in [0.2, 0.25) is 0 Å². The third-order valence-electron chi connectivity index (χ3n) is 7.81. The highest BCUT2D eigenvalue weighted by atomic mass is 19.1. The molecular weight excluding hydrogens is 489 g/mol. The lowest BCUT2D eigenvalue weighted by Gasteiger charge is -2.50. The first kappa shape index (κ1) is 25.8. The van der Waals surface area contributed by atoms with Crippen LogP contribution in [0.5, 0.6) is 5.75 Å². The Bertz CT molecular complexity index is 1320. The molecule has 4 amide bonds. The number of H-pyrrole nitrogens is 1. The van der Waals surface area contributed by atoms with E-state index in [2.05, 4.69) is 15.6 Å². The summed E-state index contributed by atoms with van der Waals surface area (Å²) in [7, 11) is 1.61. The number of piperidine rings is 1. The van der Waals surface area contributed by atoms with Gasteiger partial charge in [-0.2, -0.15) is 0 Å². The van der Waals surface area contributed by atoms with Crippen molar-refractivity contribution in [3.8, 4) is 5.75 Å². The summed E-state index contributed by atoms with van der Waals surface area (Å²) >= 11 is 0. The van der Waals surface area contributed by atoms with E-state index in [1.807, 2.05) is 30.0 Å². The number of anilines is 1. The zero-order valence-corrected chi connectivity index (χ0v) is 21.7. The normalized spacial score (nSPS) is 18.4. The molecule has 1 atom stereocenters. The smallest absolute Gasteiger partial charge is 0.322 e. The van der Waals surface area contributed by atoms with Gasteiger partial charge in [0, 0.05) is 59.9 Å². The van der Waals surface area contributed by atoms with E-state index in [-0.39, 0.29) is 24.5 Å². The summed E-state index contributed by atoms with van der Waals surface area (Å²) < 4.78 is 18.8. The molecule has 0 saturated carbocycles. The van der Waals surface area contributed by atoms with Crippen molar-refractivity contribution >= 4 is 28.7 Å². The van der Waals surface area contributed by atoms with Crippen molar-refractivity contribution in [2.75, 3.05) is 45.2 Å². The van der Waals surface area contributed by atoms with Crippen LogP contribution in [0.3, 0.4) is 0 Å². The minimum absolute atomic E-state index is 0.0689. The second kappa shape index (κ2) is 10.5. The van der Waals surface area contributed by atoms with Crippen LogP contribution >= 0.6 is 0 Å². The fourth-order valence-corrected chi connectivity index (χ4v) is 5.84. The Hall–Kier alpha value is -3.79. The molecule has 3 aromatic rings. The highest BCUT2D eigenvalue weighted by Gasteiger charge is 2.49. The molecule has 0 bridgehead atoms. The number of methoxy groups -OCH3 is 1. The number of aromatic nitrogens is 1. The standard InChI is InChI=1S/C28H34FN5O4/c1-3-12-30-26(36)33-13-10-28(11-14-33)17-34(27(37)31-19-6-4-18(29)5-7-19)23(16-35)25-24(28)21-9-8-20(38-2)15-22(21)32-25/h4-9,15,23,32,35H,3,10-14,16-17H2,1-2H3,(H,30,36)(H,31,37)/t23-/m0/s1. The Morgan fingerprint density at radius 2 is 1.89 bits per heavy atom. The van der Waals surface area contributed by atoms with Gasteiger partial charge in [-0.05, 0) is 61.2 Å². The topological polar surface area (TPSA) is 110 Å². The molecule has 202 valence electrons. The lowest BCUT2D eigenvalue weighted by Crippen LogP contribution is -2.57. The number of benzene rings is 2. The highest BCUT2D eigenvalue weighted by molar-refractivity contribution is 5.92. The number of hydrogen-bond acceptors (Lipinski definition) is 4. The van der Waals surface area contributed by atoms with E-state index in [9.17, 15) is 19.1 Å². The van der Waals surface area contributed by atoms with E-state index in [0.29, 0.717) is 50.5 Å². The predicted octanol–water partition coefficient (Wildman–Crippen LogP) is 4.35. The minimum Gasteiger partial charge on any atom is -0.497 e. The first-order chi connectivity index (χ1) is 18.4. The van der Waals surface area contributed by atoms with Crippen LogP contribution in [0.2, 0.25) is 0 Å². The number of hydrogen-bond donors (Lipinski definition) is 4. The molecule has 3 heterocycles. The summed E-state index contributed by atoms with van der Waals surface area (Å²) in [4.78, 5) is 33.2. The van der Waals surface area contributed by atoms with Crippen molar-refractivity contribution in [1.29, 1.82) is 0 Å². The SMILES string of the molecule is CCCNC(=O)N1CCC2(CC1)CN(C(=O)Nc1ccc(F)cc1)[C@@H](CO)c1[nH]c3cc(OC)ccc3c12. The number of rotatable bonds is 5. The Morgan fingerprint density at radius 3 is 2.55 bits per heavy atom. The first-order valence-electron chi connectivity index (χ1n) is 13.1. The van der Waals surface area contributed by atoms with E-state index >= 15 is 0 Å². The number of halogens is 1. The highest BCUT2D eigenvalue weighted by Crippen LogP contribution is 2.49. The molecule has 9 nitrogen and oxygen atoms in total. The van der Waals surface area contributed by atoms with Crippen molar-refractivity contribution < 1.29 is 23.8 Å². The van der Waals surface area contributed by atoms with Gasteiger partial charge in [0.1, 0.15) is 11.6 Å². The van der Waals surface area contributed by atoms with Crippen LogP contribution in [0.25, 0.3) is 10.9 Å². The summed E-state index contributed by atoms with van der Waals surface area (Å²) in [6.45, 7) is 3.86. The van der Waals surface area contributed by atoms with Crippen molar-refractivity contribution in [2.24, 2.45) is 0 Å². The van der Waals surface area contributed by atoms with Crippen LogP contribution in [0.1, 0.15) is 43.5 Å². The third kappa shape index (κ3) is 4.64. The van der Waals surface area contributed by atoms with Crippen LogP contribution in [-0.2, 0) is 5.41 Å². The lowest BCUT2D eigenvalue weighted by molar-refractivity contribution is 0.0786.